The van der Waals surface area contributed by atoms with E-state index in [0.29, 0.717) is 6.04 Å². The highest BCUT2D eigenvalue weighted by Crippen LogP contribution is 2.17. The minimum absolute atomic E-state index is 0.408. The quantitative estimate of drug-likeness (QED) is 0.717. The van der Waals surface area contributed by atoms with Gasteiger partial charge in [0, 0.05) is 11.1 Å². The first kappa shape index (κ1) is 12.7. The number of hydrogen-bond donors (Lipinski definition) is 1. The van der Waals surface area contributed by atoms with Gasteiger partial charge < -0.3 is 5.32 Å². The van der Waals surface area contributed by atoms with E-state index in [9.17, 15) is 0 Å². The lowest BCUT2D eigenvalue weighted by atomic mass is 10.2. The molecule has 1 N–H and O–H groups in total. The molecule has 0 amide bonds. The van der Waals surface area contributed by atoms with E-state index in [1.165, 1.54) is 30.7 Å². The molecule has 1 rings (SSSR count). The maximum atomic E-state index is 4.48. The Morgan fingerprint density at radius 2 is 2.20 bits per heavy atom. The Balaban J connectivity index is 2.16. The van der Waals surface area contributed by atoms with Gasteiger partial charge in [-0.2, -0.15) is 0 Å². The summed E-state index contributed by atoms with van der Waals surface area (Å²) in [6.07, 6.45) is 5.28. The molecule has 0 saturated heterocycles. The maximum absolute atomic E-state index is 4.48. The molecule has 1 atom stereocenters. The first-order chi connectivity index (χ1) is 7.24. The molecule has 0 aliphatic heterocycles. The van der Waals surface area contributed by atoms with Gasteiger partial charge in [-0.15, -0.1) is 11.3 Å². The molecule has 1 aromatic rings. The van der Waals surface area contributed by atoms with Crippen LogP contribution in [0.3, 0.4) is 0 Å². The monoisotopic (exact) mass is 226 g/mol. The Hall–Kier alpha value is -0.410. The molecule has 0 bridgehead atoms. The molecule has 0 saturated carbocycles. The van der Waals surface area contributed by atoms with E-state index in [1.807, 2.05) is 6.92 Å². The van der Waals surface area contributed by atoms with Crippen molar-refractivity contribution in [1.29, 1.82) is 0 Å². The van der Waals surface area contributed by atoms with Crippen LogP contribution in [0.25, 0.3) is 0 Å². The number of rotatable bonds is 7. The van der Waals surface area contributed by atoms with Crippen molar-refractivity contribution in [3.8, 4) is 0 Å². The van der Waals surface area contributed by atoms with Crippen LogP contribution in [0, 0.1) is 6.92 Å². The predicted molar refractivity (Wildman–Crippen MR) is 67.4 cm³/mol. The van der Waals surface area contributed by atoms with E-state index in [2.05, 4.69) is 29.5 Å². The van der Waals surface area contributed by atoms with E-state index in [-0.39, 0.29) is 0 Å². The Labute approximate surface area is 97.1 Å². The highest BCUT2D eigenvalue weighted by atomic mass is 32.1. The number of aromatic nitrogens is 1. The second-order valence-corrected chi connectivity index (χ2v) is 4.95. The fourth-order valence-corrected chi connectivity index (χ4v) is 2.36. The van der Waals surface area contributed by atoms with Gasteiger partial charge in [0.2, 0.25) is 0 Å². The van der Waals surface area contributed by atoms with Gasteiger partial charge in [-0.3, -0.25) is 0 Å². The van der Waals surface area contributed by atoms with Gasteiger partial charge in [0.1, 0.15) is 5.01 Å². The first-order valence-electron chi connectivity index (χ1n) is 5.89. The molecule has 1 unspecified atom stereocenters. The van der Waals surface area contributed by atoms with Crippen molar-refractivity contribution in [2.45, 2.75) is 52.5 Å². The smallest absolute Gasteiger partial charge is 0.110 e. The number of unbranched alkanes of at least 4 members (excludes halogenated alkanes) is 3. The van der Waals surface area contributed by atoms with Crippen molar-refractivity contribution < 1.29 is 0 Å². The maximum Gasteiger partial charge on any atom is 0.110 e. The molecule has 3 heteroatoms. The third-order valence-corrected chi connectivity index (χ3v) is 3.63. The van der Waals surface area contributed by atoms with Crippen molar-refractivity contribution >= 4 is 11.3 Å². The zero-order valence-corrected chi connectivity index (χ0v) is 10.9. The molecule has 0 spiro atoms. The summed E-state index contributed by atoms with van der Waals surface area (Å²) >= 11 is 1.75. The minimum Gasteiger partial charge on any atom is -0.308 e. The van der Waals surface area contributed by atoms with Crippen LogP contribution in [0.5, 0.6) is 0 Å². The van der Waals surface area contributed by atoms with Gasteiger partial charge in [0.15, 0.2) is 0 Å². The number of nitrogens with zero attached hydrogens (tertiary/aromatic N) is 1. The minimum atomic E-state index is 0.408. The van der Waals surface area contributed by atoms with Gasteiger partial charge in [0.05, 0.1) is 6.04 Å². The van der Waals surface area contributed by atoms with Crippen molar-refractivity contribution in [1.82, 2.24) is 10.3 Å². The molecular formula is C12H22N2S. The standard InChI is InChI=1S/C12H22N2S/c1-4-5-6-7-8-13-11(3)12-14-10(2)9-15-12/h9,11,13H,4-8H2,1-3H3. The highest BCUT2D eigenvalue weighted by Gasteiger charge is 2.07. The Morgan fingerprint density at radius 3 is 2.80 bits per heavy atom. The van der Waals surface area contributed by atoms with Crippen LogP contribution in [0.4, 0.5) is 0 Å². The van der Waals surface area contributed by atoms with E-state index in [4.69, 9.17) is 0 Å². The predicted octanol–water partition coefficient (Wildman–Crippen LogP) is 3.68. The molecule has 2 nitrogen and oxygen atoms in total. The number of nitrogens with one attached hydrogen (secondary N) is 1. The average Bonchev–Trinajstić information content (AvgIpc) is 2.64. The van der Waals surface area contributed by atoms with Crippen LogP contribution in [-0.4, -0.2) is 11.5 Å². The lowest BCUT2D eigenvalue weighted by Crippen LogP contribution is -2.19. The van der Waals surface area contributed by atoms with Gasteiger partial charge in [-0.05, 0) is 26.8 Å². The molecule has 0 fully saturated rings. The third-order valence-electron chi connectivity index (χ3n) is 2.49. The molecule has 0 radical (unpaired) electrons. The average molecular weight is 226 g/mol. The zero-order valence-electron chi connectivity index (χ0n) is 10.0. The molecule has 86 valence electrons. The van der Waals surface area contributed by atoms with Crippen LogP contribution >= 0.6 is 11.3 Å². The molecule has 1 heterocycles. The number of thiazole rings is 1. The molecule has 0 aliphatic carbocycles. The molecule has 0 aliphatic rings. The molecule has 0 aromatic carbocycles. The zero-order chi connectivity index (χ0) is 11.1. The molecule has 15 heavy (non-hydrogen) atoms. The van der Waals surface area contributed by atoms with E-state index in [1.54, 1.807) is 11.3 Å². The van der Waals surface area contributed by atoms with Crippen molar-refractivity contribution in [3.05, 3.63) is 16.1 Å². The number of hydrogen-bond acceptors (Lipinski definition) is 3. The van der Waals surface area contributed by atoms with Crippen molar-refractivity contribution in [3.63, 3.8) is 0 Å². The summed E-state index contributed by atoms with van der Waals surface area (Å²) in [5.74, 6) is 0. The largest absolute Gasteiger partial charge is 0.308 e. The van der Waals surface area contributed by atoms with Crippen LogP contribution < -0.4 is 5.32 Å². The summed E-state index contributed by atoms with van der Waals surface area (Å²) in [7, 11) is 0. The van der Waals surface area contributed by atoms with E-state index < -0.39 is 0 Å². The number of aryl methyl sites for hydroxylation is 1. The summed E-state index contributed by atoms with van der Waals surface area (Å²) in [5.41, 5.74) is 1.13. The summed E-state index contributed by atoms with van der Waals surface area (Å²) in [6.45, 7) is 7.60. The van der Waals surface area contributed by atoms with Gasteiger partial charge in [-0.1, -0.05) is 26.2 Å². The normalized spacial score (nSPS) is 13.0. The summed E-state index contributed by atoms with van der Waals surface area (Å²) < 4.78 is 0. The highest BCUT2D eigenvalue weighted by molar-refractivity contribution is 7.09. The molecule has 1 aromatic heterocycles. The summed E-state index contributed by atoms with van der Waals surface area (Å²) in [5, 5.41) is 6.85. The SMILES string of the molecule is CCCCCCNC(C)c1nc(C)cs1. The fraction of sp³-hybridized carbons (Fsp3) is 0.750. The van der Waals surface area contributed by atoms with Crippen molar-refractivity contribution in [2.75, 3.05) is 6.54 Å². The molecular weight excluding hydrogens is 204 g/mol. The van der Waals surface area contributed by atoms with Gasteiger partial charge in [-0.25, -0.2) is 4.98 Å². The topological polar surface area (TPSA) is 24.9 Å². The Bertz CT molecular complexity index is 270. The first-order valence-corrected chi connectivity index (χ1v) is 6.77. The van der Waals surface area contributed by atoms with Crippen molar-refractivity contribution in [2.24, 2.45) is 0 Å². The Kier molecular flexibility index (Phi) is 5.88. The van der Waals surface area contributed by atoms with E-state index >= 15 is 0 Å². The lowest BCUT2D eigenvalue weighted by Gasteiger charge is -2.10. The van der Waals surface area contributed by atoms with E-state index in [0.717, 1.165) is 12.2 Å². The lowest BCUT2D eigenvalue weighted by molar-refractivity contribution is 0.534. The van der Waals surface area contributed by atoms with Crippen LogP contribution in [0.2, 0.25) is 0 Å². The Morgan fingerprint density at radius 1 is 1.40 bits per heavy atom. The second-order valence-electron chi connectivity index (χ2n) is 4.06. The van der Waals surface area contributed by atoms with Crippen LogP contribution in [-0.2, 0) is 0 Å². The van der Waals surface area contributed by atoms with Gasteiger partial charge >= 0.3 is 0 Å². The third kappa shape index (κ3) is 4.76. The van der Waals surface area contributed by atoms with Gasteiger partial charge in [0.25, 0.3) is 0 Å². The van der Waals surface area contributed by atoms with Crippen LogP contribution in [0.1, 0.15) is 56.3 Å². The van der Waals surface area contributed by atoms with Crippen LogP contribution in [0.15, 0.2) is 5.38 Å². The fourth-order valence-electron chi connectivity index (χ4n) is 1.53. The second kappa shape index (κ2) is 6.96. The summed E-state index contributed by atoms with van der Waals surface area (Å²) in [4.78, 5) is 4.48. The summed E-state index contributed by atoms with van der Waals surface area (Å²) in [6, 6.07) is 0.408.